The maximum atomic E-state index is 12.8. The molecule has 2 aliphatic heterocycles. The highest BCUT2D eigenvalue weighted by atomic mass is 35.5. The Morgan fingerprint density at radius 1 is 1.12 bits per heavy atom. The van der Waals surface area contributed by atoms with Gasteiger partial charge in [0.2, 0.25) is 5.91 Å². The van der Waals surface area contributed by atoms with Crippen molar-refractivity contribution in [2.45, 2.75) is 6.42 Å². The lowest BCUT2D eigenvalue weighted by atomic mass is 10.1. The highest BCUT2D eigenvalue weighted by Gasteiger charge is 2.35. The second-order valence-corrected chi connectivity index (χ2v) is 8.17. The summed E-state index contributed by atoms with van der Waals surface area (Å²) < 4.78 is 4.98. The average Bonchev–Trinajstić information content (AvgIpc) is 3.03. The maximum Gasteiger partial charge on any atom is 0.261 e. The van der Waals surface area contributed by atoms with Crippen molar-refractivity contribution < 1.29 is 23.9 Å². The van der Waals surface area contributed by atoms with E-state index in [1.54, 1.807) is 25.3 Å². The number of nitrogens with zero attached hydrogens (tertiary/aromatic N) is 2. The molecule has 0 unspecified atom stereocenters. The van der Waals surface area contributed by atoms with Crippen molar-refractivity contribution in [1.82, 2.24) is 10.2 Å². The molecule has 0 bridgehead atoms. The first-order valence-electron chi connectivity index (χ1n) is 10.5. The predicted octanol–water partition coefficient (Wildman–Crippen LogP) is 2.16. The summed E-state index contributed by atoms with van der Waals surface area (Å²) in [5, 5.41) is 5.93. The highest BCUT2D eigenvalue weighted by Crippen LogP contribution is 2.30. The monoisotopic (exact) mass is 470 g/mol. The third kappa shape index (κ3) is 4.69. The lowest BCUT2D eigenvalue weighted by Crippen LogP contribution is -2.47. The van der Waals surface area contributed by atoms with Crippen LogP contribution in [0.25, 0.3) is 0 Å². The fourth-order valence-corrected chi connectivity index (χ4v) is 4.19. The van der Waals surface area contributed by atoms with Gasteiger partial charge >= 0.3 is 0 Å². The number of ether oxygens (including phenoxy) is 1. The Hall–Kier alpha value is -3.43. The normalized spacial score (nSPS) is 15.5. The number of fused-ring (bicyclic) bond motifs is 1. The summed E-state index contributed by atoms with van der Waals surface area (Å²) in [7, 11) is 1.56. The molecule has 4 rings (SSSR count). The molecule has 1 fully saturated rings. The Bertz CT molecular complexity index is 1140. The second kappa shape index (κ2) is 9.60. The van der Waals surface area contributed by atoms with Crippen molar-refractivity contribution in [2.75, 3.05) is 50.1 Å². The number of hydrogen-bond donors (Lipinski definition) is 2. The van der Waals surface area contributed by atoms with Gasteiger partial charge in [-0.1, -0.05) is 11.6 Å². The molecule has 10 heteroatoms. The highest BCUT2D eigenvalue weighted by molar-refractivity contribution is 6.33. The summed E-state index contributed by atoms with van der Waals surface area (Å²) in [6.07, 6.45) is 0.536. The average molecular weight is 471 g/mol. The van der Waals surface area contributed by atoms with Gasteiger partial charge in [-0.2, -0.15) is 0 Å². The molecule has 4 amide bonds. The Kier molecular flexibility index (Phi) is 6.62. The van der Waals surface area contributed by atoms with Gasteiger partial charge in [-0.05, 0) is 42.8 Å². The topological polar surface area (TPSA) is 108 Å². The third-order valence-electron chi connectivity index (χ3n) is 5.55. The standard InChI is InChI=1S/C23H23ClN4O5/c1-33-10-2-8-28-22(31)16-5-3-14(11-17(16)23(28)32)21(30)26-15-4-6-19(18(24)12-15)27-9-7-25-20(29)13-27/h3-6,11-12H,2,7-10,13H2,1H3,(H,25,29)(H,26,30). The van der Waals surface area contributed by atoms with Gasteiger partial charge in [0, 0.05) is 44.6 Å². The molecule has 0 radical (unpaired) electrons. The van der Waals surface area contributed by atoms with Crippen LogP contribution in [0.5, 0.6) is 0 Å². The summed E-state index contributed by atoms with van der Waals surface area (Å²) in [6.45, 7) is 2.09. The number of anilines is 2. The molecule has 1 saturated heterocycles. The van der Waals surface area contributed by atoms with E-state index in [0.717, 1.165) is 0 Å². The number of hydrogen-bond acceptors (Lipinski definition) is 6. The lowest BCUT2D eigenvalue weighted by Gasteiger charge is -2.29. The first-order valence-corrected chi connectivity index (χ1v) is 10.9. The van der Waals surface area contributed by atoms with Gasteiger partial charge in [0.05, 0.1) is 28.4 Å². The number of nitrogens with one attached hydrogen (secondary N) is 2. The third-order valence-corrected chi connectivity index (χ3v) is 5.85. The molecule has 0 atom stereocenters. The molecule has 2 aromatic rings. The number of rotatable bonds is 7. The van der Waals surface area contributed by atoms with E-state index in [2.05, 4.69) is 10.6 Å². The lowest BCUT2D eigenvalue weighted by molar-refractivity contribution is -0.120. The van der Waals surface area contributed by atoms with Crippen LogP contribution in [0, 0.1) is 0 Å². The first-order chi connectivity index (χ1) is 15.9. The molecular formula is C23H23ClN4O5. The molecule has 2 aliphatic rings. The molecule has 0 spiro atoms. The maximum absolute atomic E-state index is 12.8. The van der Waals surface area contributed by atoms with Crippen LogP contribution < -0.4 is 15.5 Å². The van der Waals surface area contributed by atoms with Gasteiger partial charge in [-0.25, -0.2) is 0 Å². The van der Waals surface area contributed by atoms with E-state index < -0.39 is 11.8 Å². The Morgan fingerprint density at radius 2 is 1.91 bits per heavy atom. The van der Waals surface area contributed by atoms with Crippen LogP contribution in [0.15, 0.2) is 36.4 Å². The minimum atomic E-state index is -0.433. The molecule has 172 valence electrons. The first kappa shape index (κ1) is 22.8. The van der Waals surface area contributed by atoms with Crippen molar-refractivity contribution in [3.63, 3.8) is 0 Å². The Morgan fingerprint density at radius 3 is 2.64 bits per heavy atom. The van der Waals surface area contributed by atoms with Crippen LogP contribution in [0.4, 0.5) is 11.4 Å². The number of methoxy groups -OCH3 is 1. The zero-order chi connectivity index (χ0) is 23.5. The van der Waals surface area contributed by atoms with Crippen molar-refractivity contribution in [1.29, 1.82) is 0 Å². The predicted molar refractivity (Wildman–Crippen MR) is 123 cm³/mol. The number of carbonyl (C=O) groups is 4. The SMILES string of the molecule is COCCCN1C(=O)c2ccc(C(=O)Nc3ccc(N4CCNC(=O)C4)c(Cl)c3)cc2C1=O. The van der Waals surface area contributed by atoms with E-state index in [4.69, 9.17) is 16.3 Å². The van der Waals surface area contributed by atoms with Gasteiger partial charge in [-0.15, -0.1) is 0 Å². The Labute approximate surface area is 195 Å². The van der Waals surface area contributed by atoms with Gasteiger partial charge < -0.3 is 20.3 Å². The summed E-state index contributed by atoms with van der Waals surface area (Å²) in [4.78, 5) is 52.6. The van der Waals surface area contributed by atoms with Gasteiger partial charge in [0.25, 0.3) is 17.7 Å². The number of imide groups is 1. The molecule has 2 heterocycles. The molecule has 0 aliphatic carbocycles. The zero-order valence-electron chi connectivity index (χ0n) is 18.0. The number of carbonyl (C=O) groups excluding carboxylic acids is 4. The number of piperazine rings is 1. The van der Waals surface area contributed by atoms with Gasteiger partial charge in [0.15, 0.2) is 0 Å². The fraction of sp³-hybridized carbons (Fsp3) is 0.304. The minimum absolute atomic E-state index is 0.0726. The molecule has 0 aromatic heterocycles. The van der Waals surface area contributed by atoms with Gasteiger partial charge in [-0.3, -0.25) is 24.1 Å². The smallest absolute Gasteiger partial charge is 0.261 e. The number of benzene rings is 2. The fourth-order valence-electron chi connectivity index (χ4n) is 3.89. The van der Waals surface area contributed by atoms with Crippen LogP contribution in [0.2, 0.25) is 5.02 Å². The summed E-state index contributed by atoms with van der Waals surface area (Å²) in [5.41, 5.74) is 1.93. The second-order valence-electron chi connectivity index (χ2n) is 7.76. The number of amides is 4. The summed E-state index contributed by atoms with van der Waals surface area (Å²) in [6, 6.07) is 9.51. The van der Waals surface area contributed by atoms with Crippen LogP contribution >= 0.6 is 11.6 Å². The van der Waals surface area contributed by atoms with Crippen LogP contribution in [-0.4, -0.2) is 68.4 Å². The van der Waals surface area contributed by atoms with Crippen LogP contribution in [-0.2, 0) is 9.53 Å². The van der Waals surface area contributed by atoms with Crippen LogP contribution in [0.1, 0.15) is 37.5 Å². The molecule has 2 N–H and O–H groups in total. The molecule has 2 aromatic carbocycles. The Balaban J connectivity index is 1.47. The summed E-state index contributed by atoms with van der Waals surface area (Å²) >= 11 is 6.40. The van der Waals surface area contributed by atoms with E-state index in [-0.39, 0.29) is 41.6 Å². The molecule has 33 heavy (non-hydrogen) atoms. The van der Waals surface area contributed by atoms with Crippen molar-refractivity contribution in [2.24, 2.45) is 0 Å². The quantitative estimate of drug-likeness (QED) is 0.474. The number of halogens is 1. The zero-order valence-corrected chi connectivity index (χ0v) is 18.8. The van der Waals surface area contributed by atoms with Crippen LogP contribution in [0.3, 0.4) is 0 Å². The van der Waals surface area contributed by atoms with Gasteiger partial charge in [0.1, 0.15) is 0 Å². The molecular weight excluding hydrogens is 448 g/mol. The molecule has 0 saturated carbocycles. The van der Waals surface area contributed by atoms with Crippen molar-refractivity contribution in [3.05, 3.63) is 58.1 Å². The van der Waals surface area contributed by atoms with Crippen molar-refractivity contribution >= 4 is 46.6 Å². The van der Waals surface area contributed by atoms with E-state index >= 15 is 0 Å². The van der Waals surface area contributed by atoms with Crippen molar-refractivity contribution in [3.8, 4) is 0 Å². The summed E-state index contributed by atoms with van der Waals surface area (Å²) in [5.74, 6) is -1.29. The van der Waals surface area contributed by atoms with E-state index in [1.165, 1.54) is 23.1 Å². The van der Waals surface area contributed by atoms with E-state index in [1.807, 2.05) is 4.90 Å². The van der Waals surface area contributed by atoms with E-state index in [9.17, 15) is 19.2 Å². The molecule has 9 nitrogen and oxygen atoms in total. The largest absolute Gasteiger partial charge is 0.385 e. The van der Waals surface area contributed by atoms with E-state index in [0.29, 0.717) is 42.5 Å². The minimum Gasteiger partial charge on any atom is -0.385 e.